The molecule has 28 heavy (non-hydrogen) atoms. The van der Waals surface area contributed by atoms with Crippen LogP contribution in [-0.4, -0.2) is 22.8 Å². The van der Waals surface area contributed by atoms with Crippen molar-refractivity contribution < 1.29 is 14.0 Å². The molecule has 3 aromatic rings. The first-order valence-corrected chi connectivity index (χ1v) is 10.1. The summed E-state index contributed by atoms with van der Waals surface area (Å²) >= 11 is 1.53. The van der Waals surface area contributed by atoms with Crippen molar-refractivity contribution in [2.24, 2.45) is 0 Å². The number of aryl methyl sites for hydroxylation is 1. The molecule has 0 bridgehead atoms. The van der Waals surface area contributed by atoms with E-state index < -0.39 is 0 Å². The average Bonchev–Trinajstić information content (AvgIpc) is 3.32. The van der Waals surface area contributed by atoms with Crippen LogP contribution in [-0.2, 0) is 11.2 Å². The van der Waals surface area contributed by atoms with E-state index in [4.69, 9.17) is 4.42 Å². The van der Waals surface area contributed by atoms with Crippen LogP contribution in [0.2, 0.25) is 0 Å². The van der Waals surface area contributed by atoms with E-state index in [1.54, 1.807) is 31.2 Å². The molecule has 0 saturated heterocycles. The van der Waals surface area contributed by atoms with Gasteiger partial charge in [0.05, 0.1) is 28.2 Å². The van der Waals surface area contributed by atoms with Crippen LogP contribution in [0, 0.1) is 6.92 Å². The van der Waals surface area contributed by atoms with Crippen LogP contribution in [0.4, 0.5) is 5.69 Å². The van der Waals surface area contributed by atoms with Crippen molar-refractivity contribution in [1.82, 2.24) is 10.3 Å². The van der Waals surface area contributed by atoms with Crippen LogP contribution < -0.4 is 10.6 Å². The summed E-state index contributed by atoms with van der Waals surface area (Å²) in [6, 6.07) is 10.9. The van der Waals surface area contributed by atoms with Gasteiger partial charge in [0.1, 0.15) is 5.76 Å². The van der Waals surface area contributed by atoms with E-state index in [0.29, 0.717) is 28.6 Å². The Kier molecular flexibility index (Phi) is 6.26. The molecule has 2 N–H and O–H groups in total. The van der Waals surface area contributed by atoms with E-state index in [1.165, 1.54) is 11.3 Å². The molecule has 0 unspecified atom stereocenters. The lowest BCUT2D eigenvalue weighted by molar-refractivity contribution is -0.115. The van der Waals surface area contributed by atoms with Gasteiger partial charge < -0.3 is 15.1 Å². The molecule has 0 aliphatic heterocycles. The fourth-order valence-corrected chi connectivity index (χ4v) is 3.29. The zero-order chi connectivity index (χ0) is 20.1. The van der Waals surface area contributed by atoms with Gasteiger partial charge in [-0.05, 0) is 43.8 Å². The Morgan fingerprint density at radius 3 is 2.71 bits per heavy atom. The topological polar surface area (TPSA) is 84.2 Å². The minimum absolute atomic E-state index is 0.0599. The number of hydrogen-bond acceptors (Lipinski definition) is 5. The number of carbonyl (C=O) groups is 2. The number of anilines is 1. The monoisotopic (exact) mass is 397 g/mol. The number of nitrogens with zero attached hydrogens (tertiary/aromatic N) is 1. The highest BCUT2D eigenvalue weighted by Gasteiger charge is 2.18. The number of benzene rings is 1. The van der Waals surface area contributed by atoms with Gasteiger partial charge in [0.25, 0.3) is 5.91 Å². The van der Waals surface area contributed by atoms with E-state index in [1.807, 2.05) is 31.4 Å². The lowest BCUT2D eigenvalue weighted by Crippen LogP contribution is -2.32. The summed E-state index contributed by atoms with van der Waals surface area (Å²) in [7, 11) is 0. The zero-order valence-electron chi connectivity index (χ0n) is 16.1. The second-order valence-corrected chi connectivity index (χ2v) is 7.50. The van der Waals surface area contributed by atoms with Gasteiger partial charge in [-0.1, -0.05) is 25.1 Å². The lowest BCUT2D eigenvalue weighted by atomic mass is 10.1. The molecular weight excluding hydrogens is 374 g/mol. The Balaban J connectivity index is 1.71. The maximum absolute atomic E-state index is 12.6. The summed E-state index contributed by atoms with van der Waals surface area (Å²) in [5.41, 5.74) is 1.50. The fourth-order valence-electron chi connectivity index (χ4n) is 2.64. The second-order valence-electron chi connectivity index (χ2n) is 6.55. The Hall–Kier alpha value is -2.93. The molecule has 2 aromatic heterocycles. The molecule has 0 fully saturated rings. The molecule has 6 nitrogen and oxygen atoms in total. The zero-order valence-corrected chi connectivity index (χ0v) is 16.9. The molecule has 0 saturated carbocycles. The molecule has 1 atom stereocenters. The molecule has 0 radical (unpaired) electrons. The normalized spacial score (nSPS) is 11.8. The maximum Gasteiger partial charge on any atom is 0.253 e. The molecular formula is C21H23N3O3S. The molecule has 0 aliphatic carbocycles. The quantitative estimate of drug-likeness (QED) is 0.618. The molecule has 146 valence electrons. The van der Waals surface area contributed by atoms with Crippen molar-refractivity contribution in [2.75, 3.05) is 5.32 Å². The fraction of sp³-hybridized carbons (Fsp3) is 0.286. The molecule has 3 rings (SSSR count). The Labute approximate surface area is 168 Å². The maximum atomic E-state index is 12.6. The third-order valence-corrected chi connectivity index (χ3v) is 5.25. The van der Waals surface area contributed by atoms with Crippen molar-refractivity contribution in [3.8, 4) is 10.8 Å². The van der Waals surface area contributed by atoms with Gasteiger partial charge in [0, 0.05) is 6.04 Å². The predicted octanol–water partition coefficient (Wildman–Crippen LogP) is 4.42. The van der Waals surface area contributed by atoms with Crippen LogP contribution in [0.1, 0.15) is 42.1 Å². The van der Waals surface area contributed by atoms with Crippen molar-refractivity contribution in [2.45, 2.75) is 39.7 Å². The van der Waals surface area contributed by atoms with Crippen LogP contribution >= 0.6 is 11.3 Å². The highest BCUT2D eigenvalue weighted by atomic mass is 32.1. The summed E-state index contributed by atoms with van der Waals surface area (Å²) in [4.78, 5) is 30.4. The van der Waals surface area contributed by atoms with E-state index in [-0.39, 0.29) is 24.3 Å². The van der Waals surface area contributed by atoms with E-state index >= 15 is 0 Å². The largest absolute Gasteiger partial charge is 0.440 e. The number of oxazole rings is 1. The highest BCUT2D eigenvalue weighted by molar-refractivity contribution is 7.13. The number of para-hydroxylation sites is 1. The average molecular weight is 398 g/mol. The number of hydrogen-bond donors (Lipinski definition) is 2. The first-order valence-electron chi connectivity index (χ1n) is 9.17. The Bertz CT molecular complexity index is 963. The minimum Gasteiger partial charge on any atom is -0.440 e. The summed E-state index contributed by atoms with van der Waals surface area (Å²) < 4.78 is 5.68. The van der Waals surface area contributed by atoms with Crippen molar-refractivity contribution in [1.29, 1.82) is 0 Å². The van der Waals surface area contributed by atoms with Crippen LogP contribution in [0.3, 0.4) is 0 Å². The van der Waals surface area contributed by atoms with Gasteiger partial charge in [0.15, 0.2) is 0 Å². The second kappa shape index (κ2) is 8.84. The van der Waals surface area contributed by atoms with Crippen molar-refractivity contribution in [3.63, 3.8) is 0 Å². The van der Waals surface area contributed by atoms with Crippen LogP contribution in [0.5, 0.6) is 0 Å². The molecule has 0 spiro atoms. The van der Waals surface area contributed by atoms with E-state index in [9.17, 15) is 9.59 Å². The summed E-state index contributed by atoms with van der Waals surface area (Å²) in [5, 5.41) is 7.69. The molecule has 2 amide bonds. The van der Waals surface area contributed by atoms with Gasteiger partial charge in [-0.15, -0.1) is 11.3 Å². The van der Waals surface area contributed by atoms with Gasteiger partial charge in [0.2, 0.25) is 11.8 Å². The third-order valence-electron chi connectivity index (χ3n) is 4.39. The van der Waals surface area contributed by atoms with Gasteiger partial charge >= 0.3 is 0 Å². The first-order chi connectivity index (χ1) is 13.5. The minimum atomic E-state index is -0.252. The van der Waals surface area contributed by atoms with Gasteiger partial charge in [-0.2, -0.15) is 0 Å². The molecule has 2 heterocycles. The highest BCUT2D eigenvalue weighted by Crippen LogP contribution is 2.26. The van der Waals surface area contributed by atoms with Gasteiger partial charge in [-0.25, -0.2) is 4.98 Å². The molecule has 1 aromatic carbocycles. The Morgan fingerprint density at radius 1 is 1.21 bits per heavy atom. The molecule has 7 heteroatoms. The predicted molar refractivity (Wildman–Crippen MR) is 111 cm³/mol. The number of aromatic nitrogens is 1. The third kappa shape index (κ3) is 4.67. The Morgan fingerprint density at radius 2 is 2.00 bits per heavy atom. The number of amides is 2. The summed E-state index contributed by atoms with van der Waals surface area (Å²) in [5.74, 6) is 0.672. The lowest BCUT2D eigenvalue weighted by Gasteiger charge is -2.14. The van der Waals surface area contributed by atoms with E-state index in [0.717, 1.165) is 11.3 Å². The smallest absolute Gasteiger partial charge is 0.253 e. The standard InChI is InChI=1S/C21H23N3O3S/c1-4-13(2)22-20(26)15-8-5-6-9-16(15)23-19(25)12-17-14(3)27-21(24-17)18-10-7-11-28-18/h5-11,13H,4,12H2,1-3H3,(H,22,26)(H,23,25)/t13-/m1/s1. The SMILES string of the molecule is CC[C@@H](C)NC(=O)c1ccccc1NC(=O)Cc1nc(-c2cccs2)oc1C. The van der Waals surface area contributed by atoms with Gasteiger partial charge in [-0.3, -0.25) is 9.59 Å². The molecule has 0 aliphatic rings. The van der Waals surface area contributed by atoms with Crippen LogP contribution in [0.25, 0.3) is 10.8 Å². The van der Waals surface area contributed by atoms with E-state index in [2.05, 4.69) is 15.6 Å². The number of rotatable bonds is 7. The number of nitrogens with one attached hydrogen (secondary N) is 2. The number of thiophene rings is 1. The number of carbonyl (C=O) groups excluding carboxylic acids is 2. The summed E-state index contributed by atoms with van der Waals surface area (Å²) in [6.45, 7) is 5.74. The van der Waals surface area contributed by atoms with Crippen molar-refractivity contribution in [3.05, 3.63) is 58.8 Å². The van der Waals surface area contributed by atoms with Crippen molar-refractivity contribution >= 4 is 28.8 Å². The first kappa shape index (κ1) is 19.8. The summed E-state index contributed by atoms with van der Waals surface area (Å²) in [6.07, 6.45) is 0.903. The van der Waals surface area contributed by atoms with Crippen LogP contribution in [0.15, 0.2) is 46.2 Å².